The first-order chi connectivity index (χ1) is 42.5. The van der Waals surface area contributed by atoms with Gasteiger partial charge >= 0.3 is 0 Å². The number of nitrogens with zero attached hydrogens (tertiary/aromatic N) is 4. The molecule has 0 amide bonds. The van der Waals surface area contributed by atoms with Crippen LogP contribution in [0.25, 0.3) is 54.9 Å². The van der Waals surface area contributed by atoms with Gasteiger partial charge in [-0.15, -0.1) is 0 Å². The van der Waals surface area contributed by atoms with Crippen molar-refractivity contribution in [1.29, 1.82) is 0 Å². The number of fused-ring (bicyclic) bond motifs is 2. The van der Waals surface area contributed by atoms with Crippen LogP contribution in [0.2, 0.25) is 0 Å². The molecule has 4 heteroatoms. The van der Waals surface area contributed by atoms with Crippen molar-refractivity contribution in [1.82, 2.24) is 0 Å². The molecule has 0 radical (unpaired) electrons. The molecule has 14 rings (SSSR count). The minimum Gasteiger partial charge on any atom is -0.310 e. The van der Waals surface area contributed by atoms with Gasteiger partial charge in [-0.25, -0.2) is 0 Å². The summed E-state index contributed by atoms with van der Waals surface area (Å²) in [6.07, 6.45) is 0. The predicted molar refractivity (Wildman–Crippen MR) is 366 cm³/mol. The smallest absolute Gasteiger partial charge is 0.0540 e. The number of benzene rings is 14. The molecule has 0 bridgehead atoms. The molecule has 14 aromatic rings. The van der Waals surface area contributed by atoms with E-state index in [1.807, 2.05) is 0 Å². The Kier molecular flexibility index (Phi) is 14.5. The number of aryl methyl sites for hydroxylation is 2. The Hall–Kier alpha value is -11.2. The summed E-state index contributed by atoms with van der Waals surface area (Å²) in [5.74, 6) is 0. The molecule has 0 spiro atoms. The molecule has 86 heavy (non-hydrogen) atoms. The maximum atomic E-state index is 2.40. The Morgan fingerprint density at radius 1 is 0.174 bits per heavy atom. The minimum atomic E-state index is 1.07. The van der Waals surface area contributed by atoms with Crippen LogP contribution in [-0.4, -0.2) is 0 Å². The Labute approximate surface area is 504 Å². The van der Waals surface area contributed by atoms with Crippen LogP contribution >= 0.6 is 0 Å². The van der Waals surface area contributed by atoms with E-state index in [1.54, 1.807) is 0 Å². The van der Waals surface area contributed by atoms with Gasteiger partial charge < -0.3 is 19.6 Å². The summed E-state index contributed by atoms with van der Waals surface area (Å²) in [6, 6.07) is 123. The topological polar surface area (TPSA) is 13.0 Å². The third kappa shape index (κ3) is 10.8. The highest BCUT2D eigenvalue weighted by Gasteiger charge is 2.21. The van der Waals surface area contributed by atoms with Crippen LogP contribution in [0.5, 0.6) is 0 Å². The Bertz CT molecular complexity index is 4640. The van der Waals surface area contributed by atoms with Gasteiger partial charge in [-0.1, -0.05) is 206 Å². The molecule has 410 valence electrons. The van der Waals surface area contributed by atoms with Gasteiger partial charge in [0.25, 0.3) is 0 Å². The van der Waals surface area contributed by atoms with Crippen LogP contribution in [0.1, 0.15) is 11.1 Å². The lowest BCUT2D eigenvalue weighted by Gasteiger charge is -2.28. The van der Waals surface area contributed by atoms with E-state index in [0.717, 1.165) is 102 Å². The number of anilines is 12. The number of hydrogen-bond donors (Lipinski definition) is 0. The van der Waals surface area contributed by atoms with E-state index in [-0.39, 0.29) is 0 Å². The van der Waals surface area contributed by atoms with Crippen LogP contribution < -0.4 is 19.6 Å². The second-order valence-corrected chi connectivity index (χ2v) is 22.0. The van der Waals surface area contributed by atoms with Crippen LogP contribution in [0.15, 0.2) is 340 Å². The van der Waals surface area contributed by atoms with E-state index in [0.29, 0.717) is 0 Å². The summed E-state index contributed by atoms with van der Waals surface area (Å²) in [6.45, 7) is 4.31. The van der Waals surface area contributed by atoms with E-state index in [2.05, 4.69) is 373 Å². The average Bonchev–Trinajstić information content (AvgIpc) is 3.62. The zero-order valence-corrected chi connectivity index (χ0v) is 48.1. The zero-order valence-electron chi connectivity index (χ0n) is 48.1. The number of rotatable bonds is 15. The molecule has 14 aromatic carbocycles. The van der Waals surface area contributed by atoms with Crippen molar-refractivity contribution >= 4 is 89.8 Å². The van der Waals surface area contributed by atoms with Crippen molar-refractivity contribution in [3.8, 4) is 33.4 Å². The second-order valence-electron chi connectivity index (χ2n) is 22.0. The van der Waals surface area contributed by atoms with Gasteiger partial charge in [0.2, 0.25) is 0 Å². The molecule has 0 aromatic heterocycles. The molecule has 0 heterocycles. The fourth-order valence-electron chi connectivity index (χ4n) is 12.1. The van der Waals surface area contributed by atoms with Gasteiger partial charge in [0, 0.05) is 67.6 Å². The summed E-state index contributed by atoms with van der Waals surface area (Å²) in [7, 11) is 0. The summed E-state index contributed by atoms with van der Waals surface area (Å²) in [4.78, 5) is 9.45. The molecule has 0 unspecified atom stereocenters. The first-order valence-electron chi connectivity index (χ1n) is 29.5. The van der Waals surface area contributed by atoms with Gasteiger partial charge in [-0.2, -0.15) is 0 Å². The zero-order chi connectivity index (χ0) is 57.8. The van der Waals surface area contributed by atoms with E-state index in [4.69, 9.17) is 0 Å². The highest BCUT2D eigenvalue weighted by atomic mass is 15.2. The fraction of sp³-hybridized carbons (Fsp3) is 0.0244. The van der Waals surface area contributed by atoms with Crippen LogP contribution in [0, 0.1) is 13.8 Å². The second kappa shape index (κ2) is 23.6. The summed E-state index contributed by atoms with van der Waals surface area (Å²) in [5, 5.41) is 4.79. The third-order valence-electron chi connectivity index (χ3n) is 16.3. The predicted octanol–water partition coefficient (Wildman–Crippen LogP) is 23.5. The third-order valence-corrected chi connectivity index (χ3v) is 16.3. The normalized spacial score (nSPS) is 11.1. The number of para-hydroxylation sites is 2. The van der Waals surface area contributed by atoms with E-state index < -0.39 is 0 Å². The van der Waals surface area contributed by atoms with Crippen molar-refractivity contribution in [2.24, 2.45) is 0 Å². The molecule has 0 fully saturated rings. The molecule has 4 nitrogen and oxygen atoms in total. The highest BCUT2D eigenvalue weighted by Crippen LogP contribution is 2.45. The molecule has 0 aliphatic rings. The van der Waals surface area contributed by atoms with Crippen molar-refractivity contribution in [3.05, 3.63) is 351 Å². The van der Waals surface area contributed by atoms with Gasteiger partial charge in [0.05, 0.1) is 11.4 Å². The quantitative estimate of drug-likeness (QED) is 0.101. The molecular weight excluding hydrogens is 1040 g/mol. The molecule has 0 saturated carbocycles. The van der Waals surface area contributed by atoms with Gasteiger partial charge in [0.1, 0.15) is 0 Å². The standard InChI is InChI=1S/C82H62N4/c1-59-19-13-31-75(55-59)83(69-27-5-3-6-28-69)71-47-39-61(40-48-71)62-41-49-72(50-42-62)84(76-32-14-20-60(2)56-76)77-33-15-25-67(57-77)68-26-16-34-78(58-68)86(82-38-18-24-66-22-10-12-36-80(66)82)74-53-45-64(46-54-74)63-43-51-73(52-44-63)85(70-29-7-4-8-30-70)81-37-17-23-65-21-9-11-35-79(65)81/h3-58H,1-2H3. The molecule has 0 aliphatic carbocycles. The van der Waals surface area contributed by atoms with E-state index >= 15 is 0 Å². The SMILES string of the molecule is Cc1cccc(N(c2ccccc2)c2ccc(-c3ccc(N(c4cccc(C)c4)c4cccc(-c5cccc(N(c6ccc(-c7ccc(N(c8ccccc8)c8cccc9ccccc89)cc7)cc6)c6cccc7ccccc67)c5)c4)cc3)cc2)c1. The Balaban J connectivity index is 0.778. The van der Waals surface area contributed by atoms with Crippen LogP contribution in [0.3, 0.4) is 0 Å². The molecule has 0 saturated heterocycles. The summed E-state index contributed by atoms with van der Waals surface area (Å²) < 4.78 is 0. The summed E-state index contributed by atoms with van der Waals surface area (Å²) >= 11 is 0. The highest BCUT2D eigenvalue weighted by molar-refractivity contribution is 6.01. The monoisotopic (exact) mass is 1100 g/mol. The first-order valence-corrected chi connectivity index (χ1v) is 29.5. The van der Waals surface area contributed by atoms with Crippen LogP contribution in [0.4, 0.5) is 68.2 Å². The van der Waals surface area contributed by atoms with Crippen molar-refractivity contribution in [2.45, 2.75) is 13.8 Å². The summed E-state index contributed by atoms with van der Waals surface area (Å²) in [5.41, 5.74) is 22.5. The lowest BCUT2D eigenvalue weighted by molar-refractivity contribution is 1.27. The number of hydrogen-bond acceptors (Lipinski definition) is 4. The average molecular weight is 1100 g/mol. The lowest BCUT2D eigenvalue weighted by Crippen LogP contribution is -2.11. The fourth-order valence-corrected chi connectivity index (χ4v) is 12.1. The molecule has 0 atom stereocenters. The lowest BCUT2D eigenvalue weighted by atomic mass is 10.0. The van der Waals surface area contributed by atoms with E-state index in [9.17, 15) is 0 Å². The van der Waals surface area contributed by atoms with Gasteiger partial charge in [-0.3, -0.25) is 0 Å². The van der Waals surface area contributed by atoms with Gasteiger partial charge in [0.15, 0.2) is 0 Å². The van der Waals surface area contributed by atoms with Crippen LogP contribution in [-0.2, 0) is 0 Å². The largest absolute Gasteiger partial charge is 0.310 e. The van der Waals surface area contributed by atoms with Crippen molar-refractivity contribution < 1.29 is 0 Å². The minimum absolute atomic E-state index is 1.07. The van der Waals surface area contributed by atoms with Gasteiger partial charge in [-0.05, 0) is 203 Å². The maximum Gasteiger partial charge on any atom is 0.0540 e. The van der Waals surface area contributed by atoms with Crippen molar-refractivity contribution in [2.75, 3.05) is 19.6 Å². The first kappa shape index (κ1) is 52.8. The molecule has 0 aliphatic heterocycles. The maximum absolute atomic E-state index is 2.40. The Morgan fingerprint density at radius 3 is 0.849 bits per heavy atom. The van der Waals surface area contributed by atoms with E-state index in [1.165, 1.54) is 32.7 Å². The molecule has 0 N–H and O–H groups in total. The molecular formula is C82H62N4. The Morgan fingerprint density at radius 2 is 0.442 bits per heavy atom. The van der Waals surface area contributed by atoms with Crippen molar-refractivity contribution in [3.63, 3.8) is 0 Å².